The molecule has 0 radical (unpaired) electrons. The van der Waals surface area contributed by atoms with E-state index in [1.54, 1.807) is 0 Å². The Kier molecular flexibility index (Phi) is 4.65. The van der Waals surface area contributed by atoms with Crippen molar-refractivity contribution in [1.29, 1.82) is 0 Å². The first-order valence-corrected chi connectivity index (χ1v) is 3.65. The Bertz CT molecular complexity index is 168. The molecule has 0 saturated heterocycles. The summed E-state index contributed by atoms with van der Waals surface area (Å²) in [7, 11) is 0. The van der Waals surface area contributed by atoms with Gasteiger partial charge in [0.1, 0.15) is 0 Å². The Morgan fingerprint density at radius 2 is 1.60 bits per heavy atom. The zero-order valence-corrected chi connectivity index (χ0v) is 7.31. The van der Waals surface area contributed by atoms with Crippen molar-refractivity contribution in [3.63, 3.8) is 0 Å². The molecular weight excluding hydrogens is 120 g/mol. The van der Waals surface area contributed by atoms with Crippen LogP contribution in [0.5, 0.6) is 0 Å². The van der Waals surface area contributed by atoms with Gasteiger partial charge >= 0.3 is 0 Å². The van der Waals surface area contributed by atoms with E-state index in [4.69, 9.17) is 0 Å². The summed E-state index contributed by atoms with van der Waals surface area (Å²) >= 11 is 0. The normalized spacial score (nSPS) is 14.8. The van der Waals surface area contributed by atoms with Gasteiger partial charge in [0.2, 0.25) is 0 Å². The van der Waals surface area contributed by atoms with Gasteiger partial charge in [0.25, 0.3) is 0 Å². The van der Waals surface area contributed by atoms with Gasteiger partial charge in [-0.25, -0.2) is 0 Å². The van der Waals surface area contributed by atoms with Gasteiger partial charge in [-0.05, 0) is 33.3 Å². The SMILES string of the molecule is C/C=C/C=C(C)/C(C)=C/C. The van der Waals surface area contributed by atoms with E-state index in [1.807, 2.05) is 13.0 Å². The summed E-state index contributed by atoms with van der Waals surface area (Å²) < 4.78 is 0. The van der Waals surface area contributed by atoms with Crippen LogP contribution in [0.2, 0.25) is 0 Å². The second kappa shape index (κ2) is 5.04. The third kappa shape index (κ3) is 3.29. The second-order valence-electron chi connectivity index (χ2n) is 2.35. The van der Waals surface area contributed by atoms with Gasteiger partial charge in [-0.1, -0.05) is 29.9 Å². The summed E-state index contributed by atoms with van der Waals surface area (Å²) in [4.78, 5) is 0. The van der Waals surface area contributed by atoms with Crippen LogP contribution in [0.25, 0.3) is 0 Å². The smallest absolute Gasteiger partial charge is 0.0395 e. The fourth-order valence-corrected chi connectivity index (χ4v) is 0.600. The molecule has 0 N–H and O–H groups in total. The summed E-state index contributed by atoms with van der Waals surface area (Å²) in [5, 5.41) is 0. The summed E-state index contributed by atoms with van der Waals surface area (Å²) in [5.74, 6) is 0. The Morgan fingerprint density at radius 1 is 1.00 bits per heavy atom. The van der Waals surface area contributed by atoms with Crippen molar-refractivity contribution in [2.75, 3.05) is 0 Å². The monoisotopic (exact) mass is 136 g/mol. The molecule has 0 nitrogen and oxygen atoms in total. The van der Waals surface area contributed by atoms with Crippen LogP contribution in [0.3, 0.4) is 0 Å². The predicted molar refractivity (Wildman–Crippen MR) is 48.0 cm³/mol. The van der Waals surface area contributed by atoms with Crippen molar-refractivity contribution in [2.45, 2.75) is 27.7 Å². The average molecular weight is 136 g/mol. The minimum atomic E-state index is 1.33. The molecule has 0 bridgehead atoms. The van der Waals surface area contributed by atoms with Gasteiger partial charge in [-0.15, -0.1) is 0 Å². The number of hydrogen-bond donors (Lipinski definition) is 0. The third-order valence-electron chi connectivity index (χ3n) is 1.59. The number of rotatable bonds is 2. The molecule has 0 amide bonds. The second-order valence-corrected chi connectivity index (χ2v) is 2.35. The van der Waals surface area contributed by atoms with Gasteiger partial charge in [0.05, 0.1) is 0 Å². The Balaban J connectivity index is 4.19. The van der Waals surface area contributed by atoms with Crippen molar-refractivity contribution in [2.24, 2.45) is 0 Å². The van der Waals surface area contributed by atoms with E-state index in [2.05, 4.69) is 39.0 Å². The van der Waals surface area contributed by atoms with Crippen LogP contribution >= 0.6 is 0 Å². The van der Waals surface area contributed by atoms with Crippen LogP contribution in [0.1, 0.15) is 27.7 Å². The summed E-state index contributed by atoms with van der Waals surface area (Å²) in [5.41, 5.74) is 2.68. The lowest BCUT2D eigenvalue weighted by atomic mass is 10.1. The van der Waals surface area contributed by atoms with E-state index in [1.165, 1.54) is 11.1 Å². The molecule has 0 aromatic carbocycles. The molecule has 0 heterocycles. The molecule has 0 spiro atoms. The maximum absolute atomic E-state index is 2.12. The predicted octanol–water partition coefficient (Wildman–Crippen LogP) is 3.48. The van der Waals surface area contributed by atoms with Gasteiger partial charge in [0, 0.05) is 0 Å². The lowest BCUT2D eigenvalue weighted by Crippen LogP contribution is -1.75. The first-order chi connectivity index (χ1) is 4.72. The van der Waals surface area contributed by atoms with Crippen LogP contribution in [-0.4, -0.2) is 0 Å². The Morgan fingerprint density at radius 3 is 2.00 bits per heavy atom. The van der Waals surface area contributed by atoms with E-state index >= 15 is 0 Å². The van der Waals surface area contributed by atoms with Gasteiger partial charge in [-0.3, -0.25) is 0 Å². The zero-order valence-electron chi connectivity index (χ0n) is 7.31. The molecule has 0 atom stereocenters. The number of allylic oxidation sites excluding steroid dienone is 6. The first kappa shape index (κ1) is 9.22. The molecular formula is C10H16. The van der Waals surface area contributed by atoms with Crippen molar-refractivity contribution < 1.29 is 0 Å². The number of hydrogen-bond acceptors (Lipinski definition) is 0. The Labute approximate surface area is 64.0 Å². The van der Waals surface area contributed by atoms with E-state index in [-0.39, 0.29) is 0 Å². The minimum absolute atomic E-state index is 1.33. The molecule has 0 aromatic heterocycles. The maximum Gasteiger partial charge on any atom is -0.0395 e. The molecule has 56 valence electrons. The highest BCUT2D eigenvalue weighted by atomic mass is 13.9. The van der Waals surface area contributed by atoms with Crippen molar-refractivity contribution >= 4 is 0 Å². The summed E-state index contributed by atoms with van der Waals surface area (Å²) in [6.45, 7) is 8.32. The molecule has 0 aliphatic carbocycles. The molecule has 0 heteroatoms. The third-order valence-corrected chi connectivity index (χ3v) is 1.59. The van der Waals surface area contributed by atoms with Crippen molar-refractivity contribution in [1.82, 2.24) is 0 Å². The topological polar surface area (TPSA) is 0 Å². The van der Waals surface area contributed by atoms with E-state index in [9.17, 15) is 0 Å². The highest BCUT2D eigenvalue weighted by Crippen LogP contribution is 2.06. The lowest BCUT2D eigenvalue weighted by Gasteiger charge is -1.96. The quantitative estimate of drug-likeness (QED) is 0.510. The van der Waals surface area contributed by atoms with Crippen LogP contribution in [0.4, 0.5) is 0 Å². The van der Waals surface area contributed by atoms with Crippen LogP contribution in [-0.2, 0) is 0 Å². The standard InChI is InChI=1S/C10H16/c1-5-7-8-10(4)9(3)6-2/h5-8H,1-4H3/b7-5+,9-6+,10-8+. The maximum atomic E-state index is 2.12. The fraction of sp³-hybridized carbons (Fsp3) is 0.400. The molecule has 10 heavy (non-hydrogen) atoms. The van der Waals surface area contributed by atoms with Crippen LogP contribution in [0.15, 0.2) is 35.5 Å². The van der Waals surface area contributed by atoms with E-state index in [0.717, 1.165) is 0 Å². The molecule has 0 aliphatic heterocycles. The molecule has 0 aliphatic rings. The van der Waals surface area contributed by atoms with Crippen LogP contribution < -0.4 is 0 Å². The summed E-state index contributed by atoms with van der Waals surface area (Å²) in [6, 6.07) is 0. The van der Waals surface area contributed by atoms with E-state index < -0.39 is 0 Å². The fourth-order valence-electron chi connectivity index (χ4n) is 0.600. The largest absolute Gasteiger partial charge is 0.0877 e. The summed E-state index contributed by atoms with van der Waals surface area (Å²) in [6.07, 6.45) is 8.33. The van der Waals surface area contributed by atoms with Gasteiger partial charge in [0.15, 0.2) is 0 Å². The minimum Gasteiger partial charge on any atom is -0.0877 e. The molecule has 0 rings (SSSR count). The molecule has 0 fully saturated rings. The highest BCUT2D eigenvalue weighted by Gasteiger charge is 1.86. The molecule has 0 unspecified atom stereocenters. The van der Waals surface area contributed by atoms with Gasteiger partial charge in [-0.2, -0.15) is 0 Å². The van der Waals surface area contributed by atoms with E-state index in [0.29, 0.717) is 0 Å². The Hall–Kier alpha value is -0.780. The highest BCUT2D eigenvalue weighted by molar-refractivity contribution is 5.29. The average Bonchev–Trinajstić information content (AvgIpc) is 1.98. The molecule has 0 aromatic rings. The van der Waals surface area contributed by atoms with Crippen molar-refractivity contribution in [3.05, 3.63) is 35.5 Å². The van der Waals surface area contributed by atoms with Crippen molar-refractivity contribution in [3.8, 4) is 0 Å². The lowest BCUT2D eigenvalue weighted by molar-refractivity contribution is 1.33. The van der Waals surface area contributed by atoms with Crippen LogP contribution in [0, 0.1) is 0 Å². The zero-order chi connectivity index (χ0) is 7.98. The van der Waals surface area contributed by atoms with Gasteiger partial charge < -0.3 is 0 Å². The first-order valence-electron chi connectivity index (χ1n) is 3.65. The molecule has 0 saturated carbocycles.